The molecule has 4 rings (SSSR count). The third-order valence-corrected chi connectivity index (χ3v) is 7.78. The summed E-state index contributed by atoms with van der Waals surface area (Å²) in [5.74, 6) is -1.21. The van der Waals surface area contributed by atoms with Crippen molar-refractivity contribution in [2.45, 2.75) is 37.0 Å². The quantitative estimate of drug-likeness (QED) is 0.669. The first-order valence-corrected chi connectivity index (χ1v) is 12.1. The summed E-state index contributed by atoms with van der Waals surface area (Å²) < 4.78 is 48.3. The molecule has 2 aliphatic rings. The van der Waals surface area contributed by atoms with Crippen molar-refractivity contribution in [2.24, 2.45) is 5.41 Å². The number of rotatable bonds is 5. The minimum Gasteiger partial charge on any atom is -0.377 e. The van der Waals surface area contributed by atoms with Gasteiger partial charge in [0.1, 0.15) is 0 Å². The fraction of sp³-hybridized carbons (Fsp3) is 0.481. The molecule has 6 nitrogen and oxygen atoms in total. The van der Waals surface area contributed by atoms with Gasteiger partial charge in [0, 0.05) is 64.4 Å². The lowest BCUT2D eigenvalue weighted by Crippen LogP contribution is -2.60. The standard InChI is InChI=1S/C27H32F3N3O3/c1-32(2)22-12-8-7-11-20(22)21-18-31-23(34)17-25(21)13-15-33(16-14-25)24(35)26(36-3,27(28,29)30)19-9-5-4-6-10-19/h4-12,21H,13-18H2,1-3H3,(H,31,34)/t21-,26+/m0/s1. The van der Waals surface area contributed by atoms with Crippen LogP contribution in [-0.2, 0) is 19.9 Å². The van der Waals surface area contributed by atoms with Gasteiger partial charge in [-0.15, -0.1) is 0 Å². The summed E-state index contributed by atoms with van der Waals surface area (Å²) in [7, 11) is 4.84. The molecule has 2 fully saturated rings. The van der Waals surface area contributed by atoms with Crippen LogP contribution in [0.25, 0.3) is 0 Å². The number of nitrogens with one attached hydrogen (secondary N) is 1. The summed E-state index contributed by atoms with van der Waals surface area (Å²) in [6.07, 6.45) is -3.84. The second kappa shape index (κ2) is 9.76. The Kier molecular flexibility index (Phi) is 7.05. The van der Waals surface area contributed by atoms with E-state index in [-0.39, 0.29) is 36.9 Å². The molecule has 2 aliphatic heterocycles. The molecular formula is C27H32F3N3O3. The summed E-state index contributed by atoms with van der Waals surface area (Å²) in [4.78, 5) is 29.3. The zero-order chi connectivity index (χ0) is 26.1. The number of anilines is 1. The monoisotopic (exact) mass is 503 g/mol. The van der Waals surface area contributed by atoms with Gasteiger partial charge in [-0.1, -0.05) is 48.5 Å². The number of carbonyl (C=O) groups excluding carboxylic acids is 2. The van der Waals surface area contributed by atoms with E-state index < -0.39 is 23.1 Å². The highest BCUT2D eigenvalue weighted by molar-refractivity contribution is 5.88. The molecule has 2 saturated heterocycles. The van der Waals surface area contributed by atoms with Crippen molar-refractivity contribution in [3.8, 4) is 0 Å². The molecule has 0 aliphatic carbocycles. The first-order valence-electron chi connectivity index (χ1n) is 12.1. The molecule has 194 valence electrons. The summed E-state index contributed by atoms with van der Waals surface area (Å²) in [6, 6.07) is 15.0. The fourth-order valence-corrected chi connectivity index (χ4v) is 5.87. The molecule has 9 heteroatoms. The van der Waals surface area contributed by atoms with Gasteiger partial charge in [-0.25, -0.2) is 0 Å². The Morgan fingerprint density at radius 2 is 1.67 bits per heavy atom. The molecule has 36 heavy (non-hydrogen) atoms. The van der Waals surface area contributed by atoms with E-state index in [1.165, 1.54) is 29.2 Å². The van der Waals surface area contributed by atoms with E-state index in [9.17, 15) is 22.8 Å². The summed E-state index contributed by atoms with van der Waals surface area (Å²) in [6.45, 7) is 0.674. The predicted octanol–water partition coefficient (Wildman–Crippen LogP) is 4.07. The molecule has 0 unspecified atom stereocenters. The fourth-order valence-electron chi connectivity index (χ4n) is 5.87. The van der Waals surface area contributed by atoms with Crippen LogP contribution in [0.5, 0.6) is 0 Å². The van der Waals surface area contributed by atoms with Crippen molar-refractivity contribution in [1.82, 2.24) is 10.2 Å². The van der Waals surface area contributed by atoms with E-state index in [0.29, 0.717) is 19.4 Å². The number of benzene rings is 2. The van der Waals surface area contributed by atoms with Gasteiger partial charge in [0.25, 0.3) is 11.5 Å². The Bertz CT molecular complexity index is 1100. The van der Waals surface area contributed by atoms with Crippen molar-refractivity contribution >= 4 is 17.5 Å². The third kappa shape index (κ3) is 4.34. The van der Waals surface area contributed by atoms with Crippen molar-refractivity contribution in [1.29, 1.82) is 0 Å². The van der Waals surface area contributed by atoms with E-state index in [2.05, 4.69) is 5.32 Å². The van der Waals surface area contributed by atoms with Gasteiger partial charge in [0.2, 0.25) is 5.91 Å². The van der Waals surface area contributed by atoms with Gasteiger partial charge in [0.05, 0.1) is 0 Å². The minimum absolute atomic E-state index is 0.0185. The Morgan fingerprint density at radius 1 is 1.06 bits per heavy atom. The second-order valence-electron chi connectivity index (χ2n) is 9.89. The topological polar surface area (TPSA) is 61.9 Å². The van der Waals surface area contributed by atoms with Gasteiger partial charge in [-0.05, 0) is 29.9 Å². The molecule has 0 saturated carbocycles. The highest BCUT2D eigenvalue weighted by Gasteiger charge is 2.64. The maximum Gasteiger partial charge on any atom is 0.430 e. The highest BCUT2D eigenvalue weighted by Crippen LogP contribution is 2.51. The molecule has 2 amide bonds. The highest BCUT2D eigenvalue weighted by atomic mass is 19.4. The van der Waals surface area contributed by atoms with Crippen molar-refractivity contribution in [2.75, 3.05) is 45.7 Å². The molecule has 0 radical (unpaired) electrons. The number of carbonyl (C=O) groups is 2. The normalized spacial score (nSPS) is 21.6. The van der Waals surface area contributed by atoms with Crippen molar-refractivity contribution in [3.63, 3.8) is 0 Å². The van der Waals surface area contributed by atoms with Crippen LogP contribution in [-0.4, -0.2) is 63.7 Å². The predicted molar refractivity (Wildman–Crippen MR) is 131 cm³/mol. The number of methoxy groups -OCH3 is 1. The zero-order valence-corrected chi connectivity index (χ0v) is 20.8. The molecule has 1 N–H and O–H groups in total. The average Bonchev–Trinajstić information content (AvgIpc) is 2.85. The van der Waals surface area contributed by atoms with E-state index in [0.717, 1.165) is 18.4 Å². The molecule has 1 spiro atoms. The lowest BCUT2D eigenvalue weighted by atomic mass is 9.62. The average molecular weight is 504 g/mol. The molecular weight excluding hydrogens is 471 g/mol. The van der Waals surface area contributed by atoms with Gasteiger partial charge >= 0.3 is 6.18 Å². The van der Waals surface area contributed by atoms with Crippen LogP contribution in [0, 0.1) is 5.41 Å². The number of ether oxygens (including phenoxy) is 1. The van der Waals surface area contributed by atoms with Crippen molar-refractivity contribution in [3.05, 3.63) is 65.7 Å². The lowest BCUT2D eigenvalue weighted by Gasteiger charge is -2.50. The van der Waals surface area contributed by atoms with Crippen LogP contribution in [0.2, 0.25) is 0 Å². The first-order chi connectivity index (χ1) is 17.1. The number of hydrogen-bond donors (Lipinski definition) is 1. The largest absolute Gasteiger partial charge is 0.430 e. The number of para-hydroxylation sites is 1. The number of hydrogen-bond acceptors (Lipinski definition) is 4. The number of halogens is 3. The van der Waals surface area contributed by atoms with Crippen LogP contribution in [0.1, 0.15) is 36.3 Å². The van der Waals surface area contributed by atoms with Crippen LogP contribution in [0.3, 0.4) is 0 Å². The molecule has 0 aromatic heterocycles. The van der Waals surface area contributed by atoms with Crippen LogP contribution < -0.4 is 10.2 Å². The van der Waals surface area contributed by atoms with Gasteiger partial charge in [-0.3, -0.25) is 9.59 Å². The summed E-state index contributed by atoms with van der Waals surface area (Å²) in [5.41, 5.74) is -1.66. The summed E-state index contributed by atoms with van der Waals surface area (Å²) in [5, 5.41) is 2.97. The van der Waals surface area contributed by atoms with Gasteiger partial charge in [0.15, 0.2) is 0 Å². The zero-order valence-electron chi connectivity index (χ0n) is 20.8. The number of likely N-dealkylation sites (tertiary alicyclic amines) is 1. The number of piperidine rings is 2. The van der Waals surface area contributed by atoms with E-state index in [1.807, 2.05) is 43.3 Å². The second-order valence-corrected chi connectivity index (χ2v) is 9.89. The third-order valence-electron chi connectivity index (χ3n) is 7.78. The molecule has 2 aromatic rings. The first kappa shape index (κ1) is 26.0. The Hall–Kier alpha value is -3.07. The number of nitrogens with zero attached hydrogens (tertiary/aromatic N) is 2. The smallest absolute Gasteiger partial charge is 0.377 e. The maximum absolute atomic E-state index is 14.4. The Morgan fingerprint density at radius 3 is 2.25 bits per heavy atom. The van der Waals surface area contributed by atoms with Crippen molar-refractivity contribution < 1.29 is 27.5 Å². The van der Waals surface area contributed by atoms with E-state index in [1.54, 1.807) is 6.07 Å². The van der Waals surface area contributed by atoms with Crippen LogP contribution in [0.4, 0.5) is 18.9 Å². The molecule has 2 heterocycles. The lowest BCUT2D eigenvalue weighted by molar-refractivity contribution is -0.271. The van der Waals surface area contributed by atoms with E-state index >= 15 is 0 Å². The van der Waals surface area contributed by atoms with Gasteiger partial charge in [-0.2, -0.15) is 13.2 Å². The Labute approximate surface area is 209 Å². The molecule has 2 atom stereocenters. The Balaban J connectivity index is 1.65. The van der Waals surface area contributed by atoms with Crippen LogP contribution in [0.15, 0.2) is 54.6 Å². The molecule has 0 bridgehead atoms. The van der Waals surface area contributed by atoms with Gasteiger partial charge < -0.3 is 19.9 Å². The molecule has 2 aromatic carbocycles. The minimum atomic E-state index is -4.95. The van der Waals surface area contributed by atoms with Crippen LogP contribution >= 0.6 is 0 Å². The SMILES string of the molecule is CO[C@@](C(=O)N1CCC2(CC1)CC(=O)NC[C@H]2c1ccccc1N(C)C)(c1ccccc1)C(F)(F)F. The van der Waals surface area contributed by atoms with E-state index in [4.69, 9.17) is 4.74 Å². The number of alkyl halides is 3. The maximum atomic E-state index is 14.4. The number of amides is 2. The summed E-state index contributed by atoms with van der Waals surface area (Å²) >= 11 is 0.